The summed E-state index contributed by atoms with van der Waals surface area (Å²) in [6.45, 7) is 3.83. The van der Waals surface area contributed by atoms with Gasteiger partial charge in [0.1, 0.15) is 5.82 Å². The number of aromatic nitrogens is 1. The molecule has 98 valence electrons. The molecular formula is C11H16ClN5O. The van der Waals surface area contributed by atoms with Crippen molar-refractivity contribution in [2.75, 3.05) is 18.5 Å². The molecule has 1 atom stereocenters. The van der Waals surface area contributed by atoms with E-state index in [0.717, 1.165) is 6.54 Å². The predicted octanol–water partition coefficient (Wildman–Crippen LogP) is 0.341. The molecule has 7 heteroatoms. The number of nitrogens with two attached hydrogens (primary N) is 1. The number of nitrogens with zero attached hydrogens (tertiary/aromatic N) is 2. The lowest BCUT2D eigenvalue weighted by molar-refractivity contribution is -0.128. The van der Waals surface area contributed by atoms with Crippen molar-refractivity contribution in [3.05, 3.63) is 22.8 Å². The first-order chi connectivity index (χ1) is 8.61. The highest BCUT2D eigenvalue weighted by molar-refractivity contribution is 6.31. The second kappa shape index (κ2) is 5.51. The molecule has 0 aliphatic carbocycles. The number of carbonyl (C=O) groups excluding carboxylic acids is 1. The third-order valence-electron chi connectivity index (χ3n) is 3.04. The van der Waals surface area contributed by atoms with E-state index in [-0.39, 0.29) is 11.9 Å². The average Bonchev–Trinajstić information content (AvgIpc) is 2.37. The molecule has 2 rings (SSSR count). The first kappa shape index (κ1) is 13.1. The minimum Gasteiger partial charge on any atom is -0.353 e. The number of rotatable bonds is 3. The van der Waals surface area contributed by atoms with Gasteiger partial charge in [0.25, 0.3) is 0 Å². The summed E-state index contributed by atoms with van der Waals surface area (Å²) in [5.41, 5.74) is 3.20. The lowest BCUT2D eigenvalue weighted by atomic mass is 10.2. The summed E-state index contributed by atoms with van der Waals surface area (Å²) >= 11 is 6.10. The van der Waals surface area contributed by atoms with Gasteiger partial charge in [-0.05, 0) is 19.1 Å². The topological polar surface area (TPSA) is 83.3 Å². The molecule has 6 nitrogen and oxygen atoms in total. The summed E-state index contributed by atoms with van der Waals surface area (Å²) in [7, 11) is 0. The SMILES string of the molecule is CC1C(=O)NCCN1Cc1nc(NN)ccc1Cl. The third kappa shape index (κ3) is 2.72. The van der Waals surface area contributed by atoms with Crippen molar-refractivity contribution >= 4 is 23.3 Å². The van der Waals surface area contributed by atoms with Crippen LogP contribution < -0.4 is 16.6 Å². The first-order valence-corrected chi connectivity index (χ1v) is 6.13. The summed E-state index contributed by atoms with van der Waals surface area (Å²) < 4.78 is 0. The Morgan fingerprint density at radius 1 is 1.67 bits per heavy atom. The Labute approximate surface area is 110 Å². The van der Waals surface area contributed by atoms with Crippen LogP contribution in [0.4, 0.5) is 5.82 Å². The number of halogens is 1. The van der Waals surface area contributed by atoms with E-state index in [1.54, 1.807) is 12.1 Å². The second-order valence-corrected chi connectivity index (χ2v) is 4.61. The summed E-state index contributed by atoms with van der Waals surface area (Å²) in [5, 5.41) is 3.39. The third-order valence-corrected chi connectivity index (χ3v) is 3.39. The number of anilines is 1. The van der Waals surface area contributed by atoms with Crippen LogP contribution in [0, 0.1) is 0 Å². The minimum atomic E-state index is -0.175. The van der Waals surface area contributed by atoms with E-state index in [4.69, 9.17) is 17.4 Å². The average molecular weight is 270 g/mol. The van der Waals surface area contributed by atoms with Gasteiger partial charge in [0.15, 0.2) is 0 Å². The highest BCUT2D eigenvalue weighted by Crippen LogP contribution is 2.19. The fourth-order valence-corrected chi connectivity index (χ4v) is 2.08. The number of carbonyl (C=O) groups is 1. The minimum absolute atomic E-state index is 0.0328. The number of amides is 1. The van der Waals surface area contributed by atoms with Crippen molar-refractivity contribution in [3.8, 4) is 0 Å². The first-order valence-electron chi connectivity index (χ1n) is 5.75. The van der Waals surface area contributed by atoms with Gasteiger partial charge in [0.2, 0.25) is 5.91 Å². The maximum atomic E-state index is 11.6. The van der Waals surface area contributed by atoms with Gasteiger partial charge < -0.3 is 10.7 Å². The molecule has 1 aromatic heterocycles. The number of piperazine rings is 1. The normalized spacial score (nSPS) is 20.6. The molecule has 2 heterocycles. The Hall–Kier alpha value is -1.37. The lowest BCUT2D eigenvalue weighted by Crippen LogP contribution is -2.53. The van der Waals surface area contributed by atoms with Gasteiger partial charge in [-0.1, -0.05) is 11.6 Å². The largest absolute Gasteiger partial charge is 0.353 e. The Balaban J connectivity index is 2.15. The van der Waals surface area contributed by atoms with Crippen LogP contribution in [0.1, 0.15) is 12.6 Å². The van der Waals surface area contributed by atoms with E-state index in [9.17, 15) is 4.79 Å². The van der Waals surface area contributed by atoms with Crippen LogP contribution in [0.25, 0.3) is 0 Å². The van der Waals surface area contributed by atoms with Crippen LogP contribution in [0.2, 0.25) is 5.02 Å². The number of hydrogen-bond donors (Lipinski definition) is 3. The van der Waals surface area contributed by atoms with Gasteiger partial charge >= 0.3 is 0 Å². The van der Waals surface area contributed by atoms with Crippen molar-refractivity contribution in [1.82, 2.24) is 15.2 Å². The van der Waals surface area contributed by atoms with Crippen molar-refractivity contribution in [1.29, 1.82) is 0 Å². The van der Waals surface area contributed by atoms with Crippen LogP contribution in [-0.2, 0) is 11.3 Å². The van der Waals surface area contributed by atoms with Gasteiger partial charge in [-0.15, -0.1) is 0 Å². The van der Waals surface area contributed by atoms with E-state index in [1.165, 1.54) is 0 Å². The number of pyridine rings is 1. The fraction of sp³-hybridized carbons (Fsp3) is 0.455. The molecule has 1 aliphatic rings. The van der Waals surface area contributed by atoms with Crippen molar-refractivity contribution in [3.63, 3.8) is 0 Å². The van der Waals surface area contributed by atoms with Crippen molar-refractivity contribution < 1.29 is 4.79 Å². The molecule has 1 aliphatic heterocycles. The molecule has 1 amide bonds. The highest BCUT2D eigenvalue weighted by atomic mass is 35.5. The maximum Gasteiger partial charge on any atom is 0.237 e. The standard InChI is InChI=1S/C11H16ClN5O/c1-7-11(18)14-4-5-17(7)6-9-8(12)2-3-10(15-9)16-13/h2-3,7H,4-6,13H2,1H3,(H,14,18)(H,15,16). The molecular weight excluding hydrogens is 254 g/mol. The van der Waals surface area contributed by atoms with Crippen LogP contribution in [-0.4, -0.2) is 34.9 Å². The Morgan fingerprint density at radius 2 is 2.44 bits per heavy atom. The molecule has 0 radical (unpaired) electrons. The van der Waals surface area contributed by atoms with E-state index >= 15 is 0 Å². The van der Waals surface area contributed by atoms with E-state index in [1.807, 2.05) is 11.8 Å². The van der Waals surface area contributed by atoms with Gasteiger partial charge in [0, 0.05) is 19.6 Å². The Bertz CT molecular complexity index is 453. The van der Waals surface area contributed by atoms with Crippen LogP contribution >= 0.6 is 11.6 Å². The smallest absolute Gasteiger partial charge is 0.237 e. The zero-order valence-corrected chi connectivity index (χ0v) is 10.9. The van der Waals surface area contributed by atoms with Gasteiger partial charge in [-0.2, -0.15) is 0 Å². The van der Waals surface area contributed by atoms with Gasteiger partial charge in [0.05, 0.1) is 16.8 Å². The second-order valence-electron chi connectivity index (χ2n) is 4.21. The summed E-state index contributed by atoms with van der Waals surface area (Å²) in [6.07, 6.45) is 0. The number of hydrazine groups is 1. The number of nitrogen functional groups attached to an aromatic ring is 1. The summed E-state index contributed by atoms with van der Waals surface area (Å²) in [6, 6.07) is 3.28. The Kier molecular flexibility index (Phi) is 4.00. The Morgan fingerprint density at radius 3 is 3.17 bits per heavy atom. The monoisotopic (exact) mass is 269 g/mol. The lowest BCUT2D eigenvalue weighted by Gasteiger charge is -2.32. The van der Waals surface area contributed by atoms with E-state index in [2.05, 4.69) is 15.7 Å². The van der Waals surface area contributed by atoms with E-state index < -0.39 is 0 Å². The van der Waals surface area contributed by atoms with Crippen LogP contribution in [0.15, 0.2) is 12.1 Å². The van der Waals surface area contributed by atoms with Crippen molar-refractivity contribution in [2.24, 2.45) is 5.84 Å². The number of nitrogens with one attached hydrogen (secondary N) is 2. The quantitative estimate of drug-likeness (QED) is 0.544. The molecule has 18 heavy (non-hydrogen) atoms. The molecule has 1 aromatic rings. The molecule has 0 saturated carbocycles. The zero-order chi connectivity index (χ0) is 13.1. The van der Waals surface area contributed by atoms with E-state index in [0.29, 0.717) is 29.6 Å². The summed E-state index contributed by atoms with van der Waals surface area (Å²) in [5.74, 6) is 5.91. The predicted molar refractivity (Wildman–Crippen MR) is 69.9 cm³/mol. The number of hydrogen-bond acceptors (Lipinski definition) is 5. The fourth-order valence-electron chi connectivity index (χ4n) is 1.91. The van der Waals surface area contributed by atoms with Crippen LogP contribution in [0.3, 0.4) is 0 Å². The molecule has 1 saturated heterocycles. The molecule has 1 unspecified atom stereocenters. The van der Waals surface area contributed by atoms with Gasteiger partial charge in [-0.3, -0.25) is 9.69 Å². The molecule has 0 bridgehead atoms. The molecule has 0 aromatic carbocycles. The highest BCUT2D eigenvalue weighted by Gasteiger charge is 2.26. The molecule has 0 spiro atoms. The molecule has 1 fully saturated rings. The van der Waals surface area contributed by atoms with Crippen LogP contribution in [0.5, 0.6) is 0 Å². The molecule has 4 N–H and O–H groups in total. The van der Waals surface area contributed by atoms with Crippen molar-refractivity contribution in [2.45, 2.75) is 19.5 Å². The maximum absolute atomic E-state index is 11.6. The zero-order valence-electron chi connectivity index (χ0n) is 10.1. The summed E-state index contributed by atoms with van der Waals surface area (Å²) in [4.78, 5) is 17.9. The van der Waals surface area contributed by atoms with Gasteiger partial charge in [-0.25, -0.2) is 10.8 Å².